The Balaban J connectivity index is 1.90. The summed E-state index contributed by atoms with van der Waals surface area (Å²) >= 11 is 0. The maximum absolute atomic E-state index is 12.3. The van der Waals surface area contributed by atoms with Crippen LogP contribution in [0, 0.1) is 0 Å². The first-order chi connectivity index (χ1) is 12.8. The van der Waals surface area contributed by atoms with Gasteiger partial charge >= 0.3 is 6.61 Å². The van der Waals surface area contributed by atoms with Crippen molar-refractivity contribution in [1.82, 2.24) is 5.32 Å². The van der Waals surface area contributed by atoms with Crippen molar-refractivity contribution in [3.8, 4) is 11.5 Å². The zero-order valence-electron chi connectivity index (χ0n) is 14.5. The molecule has 1 amide bonds. The monoisotopic (exact) mass is 399 g/mol. The summed E-state index contributed by atoms with van der Waals surface area (Å²) in [5, 5.41) is 2.59. The van der Waals surface area contributed by atoms with Gasteiger partial charge in [-0.05, 0) is 29.8 Å². The van der Waals surface area contributed by atoms with Crippen LogP contribution in [-0.2, 0) is 21.2 Å². The Bertz CT molecular complexity index is 873. The molecule has 27 heavy (non-hydrogen) atoms. The molecule has 9 heteroatoms. The van der Waals surface area contributed by atoms with E-state index in [1.54, 1.807) is 18.2 Å². The number of nitrogens with one attached hydrogen (secondary N) is 1. The van der Waals surface area contributed by atoms with E-state index in [0.717, 1.165) is 0 Å². The molecule has 0 aliphatic carbocycles. The van der Waals surface area contributed by atoms with E-state index < -0.39 is 22.4 Å². The fourth-order valence-electron chi connectivity index (χ4n) is 2.28. The largest absolute Gasteiger partial charge is 0.493 e. The molecule has 0 aliphatic heterocycles. The van der Waals surface area contributed by atoms with Gasteiger partial charge in [0.2, 0.25) is 5.91 Å². The average molecular weight is 399 g/mol. The van der Waals surface area contributed by atoms with E-state index in [-0.39, 0.29) is 35.1 Å². The minimum Gasteiger partial charge on any atom is -0.493 e. The molecule has 0 atom stereocenters. The Labute approximate surface area is 156 Å². The van der Waals surface area contributed by atoms with Crippen LogP contribution >= 0.6 is 0 Å². The zero-order chi connectivity index (χ0) is 19.9. The van der Waals surface area contributed by atoms with Crippen LogP contribution < -0.4 is 14.8 Å². The molecule has 0 spiro atoms. The lowest BCUT2D eigenvalue weighted by Crippen LogP contribution is -2.25. The molecule has 1 N–H and O–H groups in total. The summed E-state index contributed by atoms with van der Waals surface area (Å²) in [5.74, 6) is -0.764. The Morgan fingerprint density at radius 3 is 2.44 bits per heavy atom. The molecule has 0 fully saturated rings. The highest BCUT2D eigenvalue weighted by Crippen LogP contribution is 2.29. The molecule has 2 rings (SSSR count). The number of benzene rings is 2. The van der Waals surface area contributed by atoms with Crippen molar-refractivity contribution in [3.63, 3.8) is 0 Å². The standard InChI is InChI=1S/C18H19F2NO5S/c1-25-16-11-13(7-8-15(16)26-18(19)20)12-21-17(22)9-10-27(23,24)14-5-3-2-4-6-14/h2-8,11,18H,9-10,12H2,1H3,(H,21,22). The van der Waals surface area contributed by atoms with Gasteiger partial charge in [-0.1, -0.05) is 24.3 Å². The van der Waals surface area contributed by atoms with Crippen molar-refractivity contribution >= 4 is 15.7 Å². The molecule has 146 valence electrons. The Kier molecular flexibility index (Phi) is 7.12. The van der Waals surface area contributed by atoms with Crippen molar-refractivity contribution in [2.75, 3.05) is 12.9 Å². The van der Waals surface area contributed by atoms with Gasteiger partial charge in [-0.15, -0.1) is 0 Å². The van der Waals surface area contributed by atoms with Crippen molar-refractivity contribution in [2.24, 2.45) is 0 Å². The fraction of sp³-hybridized carbons (Fsp3) is 0.278. The van der Waals surface area contributed by atoms with Crippen molar-refractivity contribution in [3.05, 3.63) is 54.1 Å². The number of rotatable bonds is 9. The number of methoxy groups -OCH3 is 1. The van der Waals surface area contributed by atoms with Gasteiger partial charge in [-0.2, -0.15) is 8.78 Å². The van der Waals surface area contributed by atoms with Crippen LogP contribution in [0.1, 0.15) is 12.0 Å². The molecule has 2 aromatic rings. The zero-order valence-corrected chi connectivity index (χ0v) is 15.3. The van der Waals surface area contributed by atoms with Gasteiger partial charge in [0.25, 0.3) is 0 Å². The molecule has 0 aliphatic rings. The SMILES string of the molecule is COc1cc(CNC(=O)CCS(=O)(=O)c2ccccc2)ccc1OC(F)F. The first-order valence-electron chi connectivity index (χ1n) is 7.98. The van der Waals surface area contributed by atoms with Crippen LogP contribution in [0.4, 0.5) is 8.78 Å². The average Bonchev–Trinajstić information content (AvgIpc) is 2.66. The van der Waals surface area contributed by atoms with Crippen LogP contribution in [0.15, 0.2) is 53.4 Å². The fourth-order valence-corrected chi connectivity index (χ4v) is 3.54. The smallest absolute Gasteiger partial charge is 0.387 e. The van der Waals surface area contributed by atoms with Crippen LogP contribution in [0.3, 0.4) is 0 Å². The molecule has 0 saturated heterocycles. The molecule has 0 bridgehead atoms. The van der Waals surface area contributed by atoms with E-state index in [4.69, 9.17) is 4.74 Å². The molecular formula is C18H19F2NO5S. The molecule has 2 aromatic carbocycles. The first kappa shape index (κ1) is 20.6. The summed E-state index contributed by atoms with van der Waals surface area (Å²) in [6.07, 6.45) is -0.194. The lowest BCUT2D eigenvalue weighted by atomic mass is 10.2. The first-order valence-corrected chi connectivity index (χ1v) is 9.63. The lowest BCUT2D eigenvalue weighted by Gasteiger charge is -2.12. The maximum atomic E-state index is 12.3. The number of ether oxygens (including phenoxy) is 2. The van der Waals surface area contributed by atoms with E-state index >= 15 is 0 Å². The molecule has 0 saturated carbocycles. The molecule has 0 radical (unpaired) electrons. The van der Waals surface area contributed by atoms with Gasteiger partial charge in [-0.25, -0.2) is 8.42 Å². The number of alkyl halides is 2. The predicted octanol–water partition coefficient (Wildman–Crippen LogP) is 2.78. The maximum Gasteiger partial charge on any atom is 0.387 e. The number of carbonyl (C=O) groups excluding carboxylic acids is 1. The van der Waals surface area contributed by atoms with E-state index in [0.29, 0.717) is 5.56 Å². The Morgan fingerprint density at radius 1 is 1.11 bits per heavy atom. The van der Waals surface area contributed by atoms with Gasteiger partial charge in [0.1, 0.15) is 0 Å². The number of hydrogen-bond donors (Lipinski definition) is 1. The highest BCUT2D eigenvalue weighted by atomic mass is 32.2. The summed E-state index contributed by atoms with van der Waals surface area (Å²) in [6, 6.07) is 12.2. The van der Waals surface area contributed by atoms with Crippen LogP contribution in [0.5, 0.6) is 11.5 Å². The normalized spacial score (nSPS) is 11.3. The van der Waals surface area contributed by atoms with Crippen molar-refractivity contribution in [1.29, 1.82) is 0 Å². The summed E-state index contributed by atoms with van der Waals surface area (Å²) in [5.41, 5.74) is 0.590. The predicted molar refractivity (Wildman–Crippen MR) is 94.6 cm³/mol. The third kappa shape index (κ3) is 6.21. The molecular weight excluding hydrogens is 380 g/mol. The highest BCUT2D eigenvalue weighted by molar-refractivity contribution is 7.91. The lowest BCUT2D eigenvalue weighted by molar-refractivity contribution is -0.120. The topological polar surface area (TPSA) is 81.7 Å². The van der Waals surface area contributed by atoms with E-state index in [2.05, 4.69) is 10.1 Å². The summed E-state index contributed by atoms with van der Waals surface area (Å²) in [7, 11) is -2.22. The third-order valence-corrected chi connectivity index (χ3v) is 5.37. The second kappa shape index (κ2) is 9.31. The quantitative estimate of drug-likeness (QED) is 0.701. The number of halogens is 2. The number of hydrogen-bond acceptors (Lipinski definition) is 5. The van der Waals surface area contributed by atoms with E-state index in [9.17, 15) is 22.0 Å². The second-order valence-electron chi connectivity index (χ2n) is 5.52. The molecule has 0 aromatic heterocycles. The Morgan fingerprint density at radius 2 is 1.81 bits per heavy atom. The highest BCUT2D eigenvalue weighted by Gasteiger charge is 2.16. The van der Waals surface area contributed by atoms with E-state index in [1.807, 2.05) is 0 Å². The van der Waals surface area contributed by atoms with Gasteiger partial charge in [0.05, 0.1) is 17.8 Å². The minimum absolute atomic E-state index is 0.0928. The van der Waals surface area contributed by atoms with Gasteiger partial charge in [0.15, 0.2) is 21.3 Å². The molecule has 6 nitrogen and oxygen atoms in total. The number of carbonyl (C=O) groups is 1. The van der Waals surface area contributed by atoms with Gasteiger partial charge in [0, 0.05) is 13.0 Å². The third-order valence-electron chi connectivity index (χ3n) is 3.63. The summed E-state index contributed by atoms with van der Waals surface area (Å²) in [6.45, 7) is -2.88. The number of amides is 1. The van der Waals surface area contributed by atoms with E-state index in [1.165, 1.54) is 37.4 Å². The minimum atomic E-state index is -3.53. The van der Waals surface area contributed by atoms with Gasteiger partial charge < -0.3 is 14.8 Å². The van der Waals surface area contributed by atoms with Crippen LogP contribution in [0.25, 0.3) is 0 Å². The van der Waals surface area contributed by atoms with Gasteiger partial charge in [-0.3, -0.25) is 4.79 Å². The summed E-state index contributed by atoms with van der Waals surface area (Å²) < 4.78 is 58.2. The van der Waals surface area contributed by atoms with Crippen LogP contribution in [-0.4, -0.2) is 33.8 Å². The summed E-state index contributed by atoms with van der Waals surface area (Å²) in [4.78, 5) is 12.1. The number of sulfone groups is 1. The second-order valence-corrected chi connectivity index (χ2v) is 7.63. The van der Waals surface area contributed by atoms with Crippen LogP contribution in [0.2, 0.25) is 0 Å². The molecule has 0 unspecified atom stereocenters. The Hall–Kier alpha value is -2.68. The van der Waals surface area contributed by atoms with Crippen molar-refractivity contribution in [2.45, 2.75) is 24.5 Å². The van der Waals surface area contributed by atoms with Crippen molar-refractivity contribution < 1.29 is 31.5 Å². The molecule has 0 heterocycles.